The van der Waals surface area contributed by atoms with Crippen molar-refractivity contribution >= 4 is 17.2 Å². The first kappa shape index (κ1) is 11.7. The molecule has 1 aliphatic heterocycles. The van der Waals surface area contributed by atoms with Gasteiger partial charge >= 0.3 is 0 Å². The van der Waals surface area contributed by atoms with Gasteiger partial charge in [0.05, 0.1) is 5.56 Å². The molecule has 1 aromatic heterocycles. The number of nitriles is 1. The zero-order valence-corrected chi connectivity index (χ0v) is 10.7. The summed E-state index contributed by atoms with van der Waals surface area (Å²) in [6.07, 6.45) is 7.48. The van der Waals surface area contributed by atoms with E-state index in [1.54, 1.807) is 6.20 Å². The van der Waals surface area contributed by atoms with Crippen LogP contribution in [0.4, 0.5) is 0 Å². The Balaban J connectivity index is 1.89. The fourth-order valence-electron chi connectivity index (χ4n) is 2.89. The van der Waals surface area contributed by atoms with Gasteiger partial charge in [0.1, 0.15) is 11.2 Å². The van der Waals surface area contributed by atoms with Crippen molar-refractivity contribution < 1.29 is 0 Å². The van der Waals surface area contributed by atoms with Crippen LogP contribution >= 0.6 is 11.6 Å². The summed E-state index contributed by atoms with van der Waals surface area (Å²) in [5.74, 6) is 0.782. The number of halogens is 1. The number of hydrogen-bond donors (Lipinski definition) is 1. The monoisotopic (exact) mass is 259 g/mol. The second-order valence-electron chi connectivity index (χ2n) is 4.95. The number of nitrogens with one attached hydrogen (secondary N) is 1. The van der Waals surface area contributed by atoms with Gasteiger partial charge < -0.3 is 5.32 Å². The Morgan fingerprint density at radius 3 is 3.22 bits per heavy atom. The molecule has 0 amide bonds. The summed E-state index contributed by atoms with van der Waals surface area (Å²) in [6, 6.07) is 4.52. The Morgan fingerprint density at radius 1 is 1.50 bits per heavy atom. The summed E-state index contributed by atoms with van der Waals surface area (Å²) in [6.45, 7) is 1.12. The number of fused-ring (bicyclic) bond motifs is 1. The van der Waals surface area contributed by atoms with Crippen LogP contribution in [0.2, 0.25) is 5.15 Å². The van der Waals surface area contributed by atoms with Crippen LogP contribution in [-0.2, 0) is 0 Å². The van der Waals surface area contributed by atoms with Crippen molar-refractivity contribution in [2.75, 3.05) is 6.54 Å². The molecule has 0 bridgehead atoms. The maximum Gasteiger partial charge on any atom is 0.146 e. The van der Waals surface area contributed by atoms with Crippen molar-refractivity contribution in [2.24, 2.45) is 5.92 Å². The third-order valence-corrected chi connectivity index (χ3v) is 4.23. The third kappa shape index (κ3) is 2.03. The normalized spacial score (nSPS) is 26.3. The molecule has 3 rings (SSSR count). The van der Waals surface area contributed by atoms with Crippen LogP contribution in [0.3, 0.4) is 0 Å². The summed E-state index contributed by atoms with van der Waals surface area (Å²) in [5.41, 5.74) is 2.77. The van der Waals surface area contributed by atoms with Gasteiger partial charge in [-0.3, -0.25) is 0 Å². The van der Waals surface area contributed by atoms with E-state index in [1.807, 2.05) is 6.07 Å². The Kier molecular flexibility index (Phi) is 3.07. The fraction of sp³-hybridized carbons (Fsp3) is 0.429. The molecule has 92 valence electrons. The Hall–Kier alpha value is -1.37. The first-order valence-electron chi connectivity index (χ1n) is 6.26. The van der Waals surface area contributed by atoms with Crippen LogP contribution in [-0.4, -0.2) is 17.6 Å². The van der Waals surface area contributed by atoms with Crippen LogP contribution in [0.1, 0.15) is 30.4 Å². The van der Waals surface area contributed by atoms with Crippen molar-refractivity contribution in [2.45, 2.75) is 25.3 Å². The molecule has 2 atom stereocenters. The summed E-state index contributed by atoms with van der Waals surface area (Å²) < 4.78 is 0. The van der Waals surface area contributed by atoms with Gasteiger partial charge in [-0.1, -0.05) is 17.7 Å². The molecular formula is C14H14ClN3. The fourth-order valence-corrected chi connectivity index (χ4v) is 3.04. The summed E-state index contributed by atoms with van der Waals surface area (Å²) in [7, 11) is 0. The van der Waals surface area contributed by atoms with Crippen molar-refractivity contribution in [1.82, 2.24) is 10.3 Å². The van der Waals surface area contributed by atoms with E-state index in [1.165, 1.54) is 12.0 Å². The van der Waals surface area contributed by atoms with Gasteiger partial charge in [0.2, 0.25) is 0 Å². The molecule has 2 heterocycles. The number of rotatable bonds is 1. The first-order chi connectivity index (χ1) is 8.78. The van der Waals surface area contributed by atoms with Crippen LogP contribution in [0.25, 0.3) is 5.57 Å². The minimum atomic E-state index is 0.287. The molecule has 1 N–H and O–H groups in total. The highest BCUT2D eigenvalue weighted by Gasteiger charge is 2.30. The smallest absolute Gasteiger partial charge is 0.146 e. The predicted molar refractivity (Wildman–Crippen MR) is 71.1 cm³/mol. The van der Waals surface area contributed by atoms with Gasteiger partial charge in [-0.05, 0) is 48.9 Å². The van der Waals surface area contributed by atoms with E-state index in [2.05, 4.69) is 22.4 Å². The molecule has 0 radical (unpaired) electrons. The van der Waals surface area contributed by atoms with Gasteiger partial charge in [-0.2, -0.15) is 5.26 Å². The minimum Gasteiger partial charge on any atom is -0.313 e. The number of aromatic nitrogens is 1. The molecule has 0 saturated carbocycles. The van der Waals surface area contributed by atoms with Crippen LogP contribution in [0.5, 0.6) is 0 Å². The van der Waals surface area contributed by atoms with E-state index < -0.39 is 0 Å². The lowest BCUT2D eigenvalue weighted by Gasteiger charge is -2.25. The molecule has 18 heavy (non-hydrogen) atoms. The van der Waals surface area contributed by atoms with E-state index in [-0.39, 0.29) is 5.15 Å². The van der Waals surface area contributed by atoms with Crippen LogP contribution in [0.15, 0.2) is 18.3 Å². The standard InChI is InChI=1S/C14H14ClN3/c15-14-11(7-16)5-12(8-18-14)10-2-1-9-3-4-17-13(9)6-10/h2,5,8-9,13,17H,1,3-4,6H2. The highest BCUT2D eigenvalue weighted by Crippen LogP contribution is 2.35. The molecule has 0 aromatic carbocycles. The average Bonchev–Trinajstić information content (AvgIpc) is 2.86. The van der Waals surface area contributed by atoms with Crippen molar-refractivity contribution in [3.63, 3.8) is 0 Å². The second kappa shape index (κ2) is 4.72. The topological polar surface area (TPSA) is 48.7 Å². The summed E-state index contributed by atoms with van der Waals surface area (Å²) in [4.78, 5) is 4.09. The average molecular weight is 260 g/mol. The number of pyridine rings is 1. The molecule has 1 aromatic rings. The maximum absolute atomic E-state index is 8.99. The van der Waals surface area contributed by atoms with E-state index >= 15 is 0 Å². The van der Waals surface area contributed by atoms with E-state index in [4.69, 9.17) is 16.9 Å². The Bertz CT molecular complexity index is 544. The minimum absolute atomic E-state index is 0.287. The van der Waals surface area contributed by atoms with Gasteiger partial charge in [0.15, 0.2) is 0 Å². The SMILES string of the molecule is N#Cc1cc(C2=CCC3CCNC3C2)cnc1Cl. The van der Waals surface area contributed by atoms with Crippen LogP contribution < -0.4 is 5.32 Å². The summed E-state index contributed by atoms with van der Waals surface area (Å²) >= 11 is 5.86. The number of allylic oxidation sites excluding steroid dienone is 1. The second-order valence-corrected chi connectivity index (χ2v) is 5.31. The van der Waals surface area contributed by atoms with Crippen molar-refractivity contribution in [3.8, 4) is 6.07 Å². The van der Waals surface area contributed by atoms with E-state index in [9.17, 15) is 0 Å². The molecule has 4 heteroatoms. The Labute approximate surface area is 111 Å². The molecule has 1 saturated heterocycles. The molecule has 1 fully saturated rings. The van der Waals surface area contributed by atoms with Crippen molar-refractivity contribution in [1.29, 1.82) is 5.26 Å². The van der Waals surface area contributed by atoms with Gasteiger partial charge in [-0.25, -0.2) is 4.98 Å². The van der Waals surface area contributed by atoms with Gasteiger partial charge in [0.25, 0.3) is 0 Å². The van der Waals surface area contributed by atoms with Gasteiger partial charge in [0, 0.05) is 12.2 Å². The lowest BCUT2D eigenvalue weighted by molar-refractivity contribution is 0.445. The van der Waals surface area contributed by atoms with E-state index in [0.29, 0.717) is 11.6 Å². The highest BCUT2D eigenvalue weighted by molar-refractivity contribution is 6.30. The molecule has 0 spiro atoms. The maximum atomic E-state index is 8.99. The Morgan fingerprint density at radius 2 is 2.39 bits per heavy atom. The lowest BCUT2D eigenvalue weighted by atomic mass is 9.83. The van der Waals surface area contributed by atoms with Crippen LogP contribution in [0, 0.1) is 17.2 Å². The third-order valence-electron chi connectivity index (χ3n) is 3.93. The lowest BCUT2D eigenvalue weighted by Crippen LogP contribution is -2.29. The summed E-state index contributed by atoms with van der Waals surface area (Å²) in [5, 5.41) is 12.8. The molecule has 3 nitrogen and oxygen atoms in total. The number of hydrogen-bond acceptors (Lipinski definition) is 3. The molecular weight excluding hydrogens is 246 g/mol. The predicted octanol–water partition coefficient (Wildman–Crippen LogP) is 2.76. The van der Waals surface area contributed by atoms with Crippen molar-refractivity contribution in [3.05, 3.63) is 34.6 Å². The first-order valence-corrected chi connectivity index (χ1v) is 6.64. The molecule has 2 aliphatic rings. The molecule has 2 unspecified atom stereocenters. The highest BCUT2D eigenvalue weighted by atomic mass is 35.5. The van der Waals surface area contributed by atoms with Gasteiger partial charge in [-0.15, -0.1) is 0 Å². The quantitative estimate of drug-likeness (QED) is 0.789. The zero-order chi connectivity index (χ0) is 12.5. The largest absolute Gasteiger partial charge is 0.313 e. The number of nitrogens with zero attached hydrogens (tertiary/aromatic N) is 2. The zero-order valence-electron chi connectivity index (χ0n) is 9.99. The molecule has 1 aliphatic carbocycles. The van der Waals surface area contributed by atoms with E-state index in [0.717, 1.165) is 30.9 Å².